The van der Waals surface area contributed by atoms with Crippen LogP contribution in [-0.2, 0) is 13.0 Å². The summed E-state index contributed by atoms with van der Waals surface area (Å²) in [4.78, 5) is 0. The van der Waals surface area contributed by atoms with E-state index in [-0.39, 0.29) is 17.0 Å². The van der Waals surface area contributed by atoms with Gasteiger partial charge >= 0.3 is 0 Å². The van der Waals surface area contributed by atoms with Crippen molar-refractivity contribution < 1.29 is 0 Å². The van der Waals surface area contributed by atoms with Gasteiger partial charge in [-0.2, -0.15) is 5.26 Å². The Labute approximate surface area is 141 Å². The van der Waals surface area contributed by atoms with Gasteiger partial charge < -0.3 is 4.57 Å². The lowest BCUT2D eigenvalue weighted by molar-refractivity contribution is 0.627. The smallest absolute Gasteiger partial charge is 0.174 e. The van der Waals surface area contributed by atoms with Gasteiger partial charge in [0.15, 0.2) is 5.82 Å². The van der Waals surface area contributed by atoms with Crippen LogP contribution in [-0.4, -0.2) is 14.8 Å². The Balaban J connectivity index is 0.00000176. The van der Waals surface area contributed by atoms with Crippen LogP contribution in [0.3, 0.4) is 0 Å². The molecule has 0 unspecified atom stereocenters. The van der Waals surface area contributed by atoms with Crippen molar-refractivity contribution >= 4 is 28.6 Å². The highest BCUT2D eigenvalue weighted by molar-refractivity contribution is 8.93. The van der Waals surface area contributed by atoms with Gasteiger partial charge in [0, 0.05) is 13.0 Å². The van der Waals surface area contributed by atoms with Gasteiger partial charge in [0.25, 0.3) is 0 Å². The number of halogens is 1. The predicted octanol–water partition coefficient (Wildman–Crippen LogP) is 3.96. The molecule has 2 heterocycles. The van der Waals surface area contributed by atoms with Gasteiger partial charge in [-0.05, 0) is 31.4 Å². The molecule has 4 nitrogen and oxygen atoms in total. The standard InChI is InChI=1S/C17H18N4.BrH/c1-13-6-5-7-14(10-13)11-15(12-18)17-20-19-16-8-3-2-4-9-21(16)17;/h5-7,10-11H,2-4,8-9H2,1H3;1H. The summed E-state index contributed by atoms with van der Waals surface area (Å²) >= 11 is 0. The van der Waals surface area contributed by atoms with Crippen LogP contribution in [0.4, 0.5) is 0 Å². The van der Waals surface area contributed by atoms with Crippen LogP contribution in [0.25, 0.3) is 11.6 Å². The first-order valence-electron chi connectivity index (χ1n) is 7.39. The van der Waals surface area contributed by atoms with Crippen LogP contribution < -0.4 is 0 Å². The normalized spacial score (nSPS) is 14.5. The van der Waals surface area contributed by atoms with Crippen LogP contribution in [0, 0.1) is 18.3 Å². The maximum absolute atomic E-state index is 9.50. The Morgan fingerprint density at radius 3 is 2.91 bits per heavy atom. The van der Waals surface area contributed by atoms with E-state index in [4.69, 9.17) is 0 Å². The Bertz CT molecular complexity index is 725. The molecule has 0 saturated carbocycles. The first-order valence-corrected chi connectivity index (χ1v) is 7.39. The second-order valence-corrected chi connectivity index (χ2v) is 5.49. The quantitative estimate of drug-likeness (QED) is 0.763. The maximum Gasteiger partial charge on any atom is 0.174 e. The molecule has 1 aliphatic heterocycles. The number of hydrogen-bond acceptors (Lipinski definition) is 3. The minimum Gasteiger partial charge on any atom is -0.310 e. The summed E-state index contributed by atoms with van der Waals surface area (Å²) < 4.78 is 2.11. The fraction of sp³-hybridized carbons (Fsp3) is 0.353. The van der Waals surface area contributed by atoms with Gasteiger partial charge in [-0.1, -0.05) is 36.2 Å². The molecule has 3 rings (SSSR count). The van der Waals surface area contributed by atoms with Crippen LogP contribution in [0.5, 0.6) is 0 Å². The van der Waals surface area contributed by atoms with E-state index in [1.54, 1.807) is 0 Å². The molecule has 0 aliphatic carbocycles. The molecular weight excluding hydrogens is 340 g/mol. The van der Waals surface area contributed by atoms with Crippen molar-refractivity contribution in [2.24, 2.45) is 0 Å². The summed E-state index contributed by atoms with van der Waals surface area (Å²) in [6, 6.07) is 10.4. The third-order valence-corrected chi connectivity index (χ3v) is 3.82. The zero-order chi connectivity index (χ0) is 14.7. The van der Waals surface area contributed by atoms with Crippen LogP contribution in [0.2, 0.25) is 0 Å². The lowest BCUT2D eigenvalue weighted by Crippen LogP contribution is -2.05. The zero-order valence-corrected chi connectivity index (χ0v) is 14.3. The largest absolute Gasteiger partial charge is 0.310 e. The molecule has 0 saturated heterocycles. The molecule has 0 bridgehead atoms. The van der Waals surface area contributed by atoms with Gasteiger partial charge in [-0.3, -0.25) is 0 Å². The lowest BCUT2D eigenvalue weighted by atomic mass is 10.1. The van der Waals surface area contributed by atoms with E-state index < -0.39 is 0 Å². The van der Waals surface area contributed by atoms with Gasteiger partial charge in [0.2, 0.25) is 0 Å². The lowest BCUT2D eigenvalue weighted by Gasteiger charge is -2.06. The molecule has 5 heteroatoms. The number of nitriles is 1. The number of benzene rings is 1. The van der Waals surface area contributed by atoms with E-state index in [2.05, 4.69) is 26.9 Å². The van der Waals surface area contributed by atoms with Crippen molar-refractivity contribution in [2.45, 2.75) is 39.2 Å². The van der Waals surface area contributed by atoms with E-state index in [0.29, 0.717) is 11.4 Å². The molecule has 22 heavy (non-hydrogen) atoms. The van der Waals surface area contributed by atoms with Gasteiger partial charge in [0.1, 0.15) is 11.9 Å². The minimum absolute atomic E-state index is 0. The van der Waals surface area contributed by atoms with Crippen molar-refractivity contribution in [2.75, 3.05) is 0 Å². The minimum atomic E-state index is 0. The number of rotatable bonds is 2. The Kier molecular flexibility index (Phi) is 5.51. The van der Waals surface area contributed by atoms with Gasteiger partial charge in [-0.25, -0.2) is 0 Å². The summed E-state index contributed by atoms with van der Waals surface area (Å²) in [5, 5.41) is 18.0. The van der Waals surface area contributed by atoms with Crippen molar-refractivity contribution in [1.29, 1.82) is 5.26 Å². The third-order valence-electron chi connectivity index (χ3n) is 3.82. The molecule has 0 fully saturated rings. The SMILES string of the molecule is Br.Cc1cccc(C=C(C#N)c2nnc3n2CCCCC3)c1. The zero-order valence-electron chi connectivity index (χ0n) is 12.6. The Morgan fingerprint density at radius 1 is 1.27 bits per heavy atom. The Hall–Kier alpha value is -1.93. The second-order valence-electron chi connectivity index (χ2n) is 5.49. The van der Waals surface area contributed by atoms with Gasteiger partial charge in [0.05, 0.1) is 5.57 Å². The molecule has 0 spiro atoms. The molecule has 114 valence electrons. The average molecular weight is 359 g/mol. The molecular formula is C17H19BrN4. The topological polar surface area (TPSA) is 54.5 Å². The molecule has 1 aromatic carbocycles. The molecule has 0 atom stereocenters. The summed E-state index contributed by atoms with van der Waals surface area (Å²) in [6.07, 6.45) is 6.35. The number of fused-ring (bicyclic) bond motifs is 1. The van der Waals surface area contributed by atoms with Crippen LogP contribution in [0.1, 0.15) is 42.0 Å². The number of aromatic nitrogens is 3. The van der Waals surface area contributed by atoms with E-state index in [1.807, 2.05) is 31.2 Å². The number of allylic oxidation sites excluding steroid dienone is 1. The van der Waals surface area contributed by atoms with Crippen LogP contribution in [0.15, 0.2) is 24.3 Å². The van der Waals surface area contributed by atoms with E-state index in [9.17, 15) is 5.26 Å². The molecule has 1 aliphatic rings. The van der Waals surface area contributed by atoms with Gasteiger partial charge in [-0.15, -0.1) is 27.2 Å². The van der Waals surface area contributed by atoms with Crippen molar-refractivity contribution in [3.8, 4) is 6.07 Å². The van der Waals surface area contributed by atoms with Crippen molar-refractivity contribution in [1.82, 2.24) is 14.8 Å². The van der Waals surface area contributed by atoms with E-state index in [0.717, 1.165) is 37.2 Å². The molecule has 0 radical (unpaired) electrons. The summed E-state index contributed by atoms with van der Waals surface area (Å²) in [7, 11) is 0. The summed E-state index contributed by atoms with van der Waals surface area (Å²) in [6.45, 7) is 2.96. The molecule has 2 aromatic rings. The highest BCUT2D eigenvalue weighted by Crippen LogP contribution is 2.21. The first-order chi connectivity index (χ1) is 10.3. The van der Waals surface area contributed by atoms with E-state index in [1.165, 1.54) is 12.0 Å². The monoisotopic (exact) mass is 358 g/mol. The summed E-state index contributed by atoms with van der Waals surface area (Å²) in [5.41, 5.74) is 2.79. The highest BCUT2D eigenvalue weighted by Gasteiger charge is 2.17. The number of aryl methyl sites for hydroxylation is 2. The maximum atomic E-state index is 9.50. The first kappa shape index (κ1) is 16.4. The van der Waals surface area contributed by atoms with Crippen LogP contribution >= 0.6 is 17.0 Å². The van der Waals surface area contributed by atoms with Crippen molar-refractivity contribution in [3.05, 3.63) is 47.0 Å². The van der Waals surface area contributed by atoms with E-state index >= 15 is 0 Å². The fourth-order valence-corrected chi connectivity index (χ4v) is 2.76. The Morgan fingerprint density at radius 2 is 2.14 bits per heavy atom. The predicted molar refractivity (Wildman–Crippen MR) is 92.6 cm³/mol. The second kappa shape index (κ2) is 7.37. The number of nitrogens with zero attached hydrogens (tertiary/aromatic N) is 4. The third kappa shape index (κ3) is 3.45. The number of hydrogen-bond donors (Lipinski definition) is 0. The highest BCUT2D eigenvalue weighted by atomic mass is 79.9. The average Bonchev–Trinajstić information content (AvgIpc) is 2.73. The fourth-order valence-electron chi connectivity index (χ4n) is 2.76. The summed E-state index contributed by atoms with van der Waals surface area (Å²) in [5.74, 6) is 1.71. The molecule has 0 N–H and O–H groups in total. The molecule has 0 amide bonds. The molecule has 1 aromatic heterocycles. The van der Waals surface area contributed by atoms with Crippen molar-refractivity contribution in [3.63, 3.8) is 0 Å².